The molecule has 10 heteroatoms. The van der Waals surface area contributed by atoms with Crippen molar-refractivity contribution in [3.05, 3.63) is 85.1 Å². The molecule has 0 rings (SSSR count). The lowest BCUT2D eigenvalue weighted by Crippen LogP contribution is -2.30. The molecule has 1 unspecified atom stereocenters. The third kappa shape index (κ3) is 26.2. The van der Waals surface area contributed by atoms with Crippen LogP contribution in [0.25, 0.3) is 0 Å². The summed E-state index contributed by atoms with van der Waals surface area (Å²) < 4.78 is 24.0. The van der Waals surface area contributed by atoms with Gasteiger partial charge in [-0.05, 0) is 44.9 Å². The van der Waals surface area contributed by atoms with Crippen LogP contribution in [0.1, 0.15) is 58.3 Å². The van der Waals surface area contributed by atoms with Crippen molar-refractivity contribution in [2.24, 2.45) is 0 Å². The van der Waals surface area contributed by atoms with Gasteiger partial charge in [-0.25, -0.2) is 19.2 Å². The molecule has 0 saturated carbocycles. The van der Waals surface area contributed by atoms with Gasteiger partial charge in [0.25, 0.3) is 0 Å². The highest BCUT2D eigenvalue weighted by molar-refractivity contribution is 5.92. The molecule has 10 nitrogen and oxygen atoms in total. The summed E-state index contributed by atoms with van der Waals surface area (Å²) in [4.78, 5) is 58.1. The molecule has 0 radical (unpaired) electrons. The van der Waals surface area contributed by atoms with Gasteiger partial charge in [0.15, 0.2) is 6.10 Å². The molecule has 0 aliphatic heterocycles. The summed E-state index contributed by atoms with van der Waals surface area (Å²) >= 11 is 0. The van der Waals surface area contributed by atoms with Crippen LogP contribution in [0, 0.1) is 0 Å². The first kappa shape index (κ1) is 38.5. The molecule has 43 heavy (non-hydrogen) atoms. The molecule has 0 N–H and O–H groups in total. The maximum absolute atomic E-state index is 12.1. The zero-order chi connectivity index (χ0) is 32.0. The number of methoxy groups -OCH3 is 2. The van der Waals surface area contributed by atoms with E-state index in [2.05, 4.69) is 65.0 Å². The van der Waals surface area contributed by atoms with Crippen molar-refractivity contribution in [1.29, 1.82) is 0 Å². The smallest absolute Gasteiger partial charge is 0.331 e. The number of carbonyl (C=O) groups excluding carboxylic acids is 5. The van der Waals surface area contributed by atoms with Crippen LogP contribution in [-0.4, -0.2) is 63.4 Å². The van der Waals surface area contributed by atoms with Crippen LogP contribution in [0.5, 0.6) is 0 Å². The van der Waals surface area contributed by atoms with Crippen molar-refractivity contribution in [1.82, 2.24) is 0 Å². The highest BCUT2D eigenvalue weighted by atomic mass is 16.6. The average molecular weight is 601 g/mol. The number of rotatable bonds is 22. The Labute approximate surface area is 254 Å². The van der Waals surface area contributed by atoms with Gasteiger partial charge < -0.3 is 23.7 Å². The monoisotopic (exact) mass is 600 g/mol. The van der Waals surface area contributed by atoms with E-state index in [1.807, 2.05) is 12.2 Å². The van der Waals surface area contributed by atoms with Crippen LogP contribution in [-0.2, 0) is 47.7 Å². The largest absolute Gasteiger partial charge is 0.466 e. The molecule has 0 aromatic rings. The topological polar surface area (TPSA) is 132 Å². The van der Waals surface area contributed by atoms with E-state index in [9.17, 15) is 24.0 Å². The lowest BCUT2D eigenvalue weighted by molar-refractivity contribution is -0.162. The summed E-state index contributed by atoms with van der Waals surface area (Å²) in [5.41, 5.74) is 0. The number of allylic oxidation sites excluding steroid dienone is 10. The third-order valence-corrected chi connectivity index (χ3v) is 5.15. The molecule has 0 saturated heterocycles. The second-order valence-corrected chi connectivity index (χ2v) is 8.69. The molecular weight excluding hydrogens is 556 g/mol. The number of ether oxygens (including phenoxy) is 5. The van der Waals surface area contributed by atoms with Gasteiger partial charge in [-0.1, -0.05) is 67.7 Å². The fourth-order valence-corrected chi connectivity index (χ4v) is 2.94. The normalized spacial score (nSPS) is 12.7. The molecule has 236 valence electrons. The molecule has 0 aliphatic carbocycles. The number of hydrogen-bond acceptors (Lipinski definition) is 10. The molecule has 0 aliphatic rings. The minimum Gasteiger partial charge on any atom is -0.466 e. The zero-order valence-electron chi connectivity index (χ0n) is 25.3. The van der Waals surface area contributed by atoms with Gasteiger partial charge in [-0.15, -0.1) is 0 Å². The van der Waals surface area contributed by atoms with Crippen molar-refractivity contribution < 1.29 is 47.7 Å². The Morgan fingerprint density at radius 2 is 1.00 bits per heavy atom. The molecule has 0 aromatic carbocycles. The summed E-state index contributed by atoms with van der Waals surface area (Å²) in [5.74, 6) is -3.89. The van der Waals surface area contributed by atoms with Gasteiger partial charge in [0.1, 0.15) is 13.2 Å². The van der Waals surface area contributed by atoms with Crippen LogP contribution >= 0.6 is 0 Å². The Balaban J connectivity index is 4.41. The zero-order valence-corrected chi connectivity index (χ0v) is 25.3. The number of esters is 5. The van der Waals surface area contributed by atoms with Crippen LogP contribution < -0.4 is 0 Å². The van der Waals surface area contributed by atoms with Gasteiger partial charge in [-0.2, -0.15) is 0 Å². The highest BCUT2D eigenvalue weighted by Crippen LogP contribution is 2.04. The predicted molar refractivity (Wildman–Crippen MR) is 162 cm³/mol. The van der Waals surface area contributed by atoms with Crippen LogP contribution in [0.3, 0.4) is 0 Å². The van der Waals surface area contributed by atoms with Gasteiger partial charge in [0, 0.05) is 30.7 Å². The maximum atomic E-state index is 12.1. The van der Waals surface area contributed by atoms with Crippen LogP contribution in [0.2, 0.25) is 0 Å². The van der Waals surface area contributed by atoms with E-state index in [1.165, 1.54) is 0 Å². The molecule has 0 fully saturated rings. The Morgan fingerprint density at radius 1 is 0.558 bits per heavy atom. The average Bonchev–Trinajstić information content (AvgIpc) is 3.01. The Bertz CT molecular complexity index is 1040. The van der Waals surface area contributed by atoms with E-state index in [0.717, 1.165) is 70.6 Å². The summed E-state index contributed by atoms with van der Waals surface area (Å²) in [6.45, 7) is 1.28. The van der Waals surface area contributed by atoms with E-state index >= 15 is 0 Å². The van der Waals surface area contributed by atoms with Gasteiger partial charge >= 0.3 is 29.8 Å². The third-order valence-electron chi connectivity index (χ3n) is 5.15. The van der Waals surface area contributed by atoms with Crippen molar-refractivity contribution in [3.8, 4) is 0 Å². The van der Waals surface area contributed by atoms with Gasteiger partial charge in [0.05, 0.1) is 14.2 Å². The standard InChI is InChI=1S/C33H44O10/c1-4-5-6-7-8-9-10-11-12-13-14-15-16-17-18-19-20-21-31(36)41-26-28(43-33(38)25-23-30(35)40-3)27-42-32(37)24-22-29(34)39-2/h5-6,8-9,11-12,14-15,17-18,22-25,28H,4,7,10,13,16,19-21,26-27H2,1-3H3/b6-5-,9-8-,12-11-,15-14-,18-17-,24-22+,25-23+. The van der Waals surface area contributed by atoms with Crippen molar-refractivity contribution in [2.75, 3.05) is 27.4 Å². The molecule has 0 spiro atoms. The lowest BCUT2D eigenvalue weighted by atomic mass is 10.2. The van der Waals surface area contributed by atoms with E-state index < -0.39 is 42.6 Å². The van der Waals surface area contributed by atoms with E-state index in [0.29, 0.717) is 12.8 Å². The van der Waals surface area contributed by atoms with Gasteiger partial charge in [0.2, 0.25) is 0 Å². The molecule has 0 heterocycles. The Hall–Kier alpha value is -4.47. The van der Waals surface area contributed by atoms with Crippen LogP contribution in [0.15, 0.2) is 85.1 Å². The maximum Gasteiger partial charge on any atom is 0.331 e. The van der Waals surface area contributed by atoms with Crippen LogP contribution in [0.4, 0.5) is 0 Å². The van der Waals surface area contributed by atoms with E-state index in [1.54, 1.807) is 0 Å². The van der Waals surface area contributed by atoms with Crippen molar-refractivity contribution >= 4 is 29.8 Å². The first-order valence-electron chi connectivity index (χ1n) is 14.1. The molecule has 0 amide bonds. The summed E-state index contributed by atoms with van der Waals surface area (Å²) in [7, 11) is 2.29. The lowest BCUT2D eigenvalue weighted by Gasteiger charge is -2.17. The van der Waals surface area contributed by atoms with Crippen molar-refractivity contribution in [2.45, 2.75) is 64.4 Å². The molecule has 0 aromatic heterocycles. The van der Waals surface area contributed by atoms with Crippen molar-refractivity contribution in [3.63, 3.8) is 0 Å². The predicted octanol–water partition coefficient (Wildman–Crippen LogP) is 5.36. The molecule has 1 atom stereocenters. The molecule has 0 bridgehead atoms. The summed E-state index contributed by atoms with van der Waals surface area (Å²) in [6.07, 6.45) is 29.4. The number of carbonyl (C=O) groups is 5. The summed E-state index contributed by atoms with van der Waals surface area (Å²) in [5, 5.41) is 0. The number of hydrogen-bond donors (Lipinski definition) is 0. The SMILES string of the molecule is CC/C=C\C/C=C\C/C=C\C/C=C\C/C=C\CCCC(=O)OCC(COC(=O)/C=C/C(=O)OC)OC(=O)/C=C/C(=O)OC. The van der Waals surface area contributed by atoms with E-state index in [-0.39, 0.29) is 13.0 Å². The second-order valence-electron chi connectivity index (χ2n) is 8.69. The Kier molecular flexibility index (Phi) is 24.8. The Morgan fingerprint density at radius 3 is 1.51 bits per heavy atom. The molecular formula is C33H44O10. The fourth-order valence-electron chi connectivity index (χ4n) is 2.94. The first-order valence-corrected chi connectivity index (χ1v) is 14.1. The minimum atomic E-state index is -1.15. The highest BCUT2D eigenvalue weighted by Gasteiger charge is 2.18. The quantitative estimate of drug-likeness (QED) is 0.0526. The fraction of sp³-hybridized carbons (Fsp3) is 0.424. The van der Waals surface area contributed by atoms with E-state index in [4.69, 9.17) is 14.2 Å². The second kappa shape index (κ2) is 27.7. The minimum absolute atomic E-state index is 0.138. The number of unbranched alkanes of at least 4 members (excludes halogenated alkanes) is 1. The first-order chi connectivity index (χ1) is 20.8. The van der Waals surface area contributed by atoms with Gasteiger partial charge in [-0.3, -0.25) is 4.79 Å². The summed E-state index contributed by atoms with van der Waals surface area (Å²) in [6, 6.07) is 0.